The zero-order chi connectivity index (χ0) is 13.1. The molecule has 96 valence electrons. The van der Waals surface area contributed by atoms with Gasteiger partial charge in [-0.15, -0.1) is 0 Å². The maximum absolute atomic E-state index is 5.30. The Morgan fingerprint density at radius 1 is 1.16 bits per heavy atom. The van der Waals surface area contributed by atoms with Crippen LogP contribution >= 0.6 is 0 Å². The van der Waals surface area contributed by atoms with E-state index in [1.165, 1.54) is 0 Å². The number of rotatable bonds is 4. The number of nitrogens with zero attached hydrogens (tertiary/aromatic N) is 2. The molecule has 0 saturated carbocycles. The lowest BCUT2D eigenvalue weighted by Gasteiger charge is -2.09. The van der Waals surface area contributed by atoms with E-state index in [0.717, 1.165) is 22.8 Å². The molecule has 0 amide bonds. The van der Waals surface area contributed by atoms with Crippen LogP contribution in [0.1, 0.15) is 5.69 Å². The third kappa shape index (κ3) is 2.38. The number of anilines is 1. The fraction of sp³-hybridized carbons (Fsp3) is 0.133. The van der Waals surface area contributed by atoms with Crippen molar-refractivity contribution in [2.45, 2.75) is 6.54 Å². The molecule has 3 rings (SSSR count). The van der Waals surface area contributed by atoms with E-state index in [0.29, 0.717) is 6.54 Å². The maximum atomic E-state index is 5.30. The molecule has 0 saturated heterocycles. The lowest BCUT2D eigenvalue weighted by molar-refractivity contribution is 0.416. The van der Waals surface area contributed by atoms with Gasteiger partial charge in [-0.3, -0.25) is 0 Å². The van der Waals surface area contributed by atoms with Crippen LogP contribution in [-0.2, 0) is 6.54 Å². The van der Waals surface area contributed by atoms with Gasteiger partial charge in [-0.2, -0.15) is 0 Å². The van der Waals surface area contributed by atoms with E-state index in [2.05, 4.69) is 10.3 Å². The fourth-order valence-electron chi connectivity index (χ4n) is 2.05. The summed E-state index contributed by atoms with van der Waals surface area (Å²) in [5.41, 5.74) is 2.93. The van der Waals surface area contributed by atoms with Crippen molar-refractivity contribution in [2.24, 2.45) is 0 Å². The van der Waals surface area contributed by atoms with Crippen molar-refractivity contribution >= 4 is 11.3 Å². The predicted molar refractivity (Wildman–Crippen MR) is 75.5 cm³/mol. The molecule has 0 aliphatic heterocycles. The molecule has 0 radical (unpaired) electrons. The maximum Gasteiger partial charge on any atom is 0.141 e. The topological polar surface area (TPSA) is 38.6 Å². The van der Waals surface area contributed by atoms with Gasteiger partial charge < -0.3 is 14.5 Å². The van der Waals surface area contributed by atoms with E-state index < -0.39 is 0 Å². The molecule has 0 fully saturated rings. The van der Waals surface area contributed by atoms with Gasteiger partial charge in [0.15, 0.2) is 0 Å². The molecule has 0 aliphatic carbocycles. The number of para-hydroxylation sites is 2. The second-order valence-electron chi connectivity index (χ2n) is 4.25. The number of pyridine rings is 1. The van der Waals surface area contributed by atoms with Crippen LogP contribution in [0.3, 0.4) is 0 Å². The Morgan fingerprint density at radius 2 is 2.00 bits per heavy atom. The highest BCUT2D eigenvalue weighted by Gasteiger charge is 2.03. The van der Waals surface area contributed by atoms with Crippen LogP contribution < -0.4 is 10.1 Å². The van der Waals surface area contributed by atoms with Crippen LogP contribution in [-0.4, -0.2) is 16.5 Å². The minimum absolute atomic E-state index is 0.669. The average molecular weight is 253 g/mol. The predicted octanol–water partition coefficient (Wildman–Crippen LogP) is 2.96. The van der Waals surface area contributed by atoms with Gasteiger partial charge in [-0.05, 0) is 24.3 Å². The van der Waals surface area contributed by atoms with Gasteiger partial charge in [0, 0.05) is 12.4 Å². The lowest BCUT2D eigenvalue weighted by Crippen LogP contribution is -2.01. The molecule has 0 atom stereocenters. The SMILES string of the molecule is COc1ccccc1NCc1cn2ccccc2n1. The highest BCUT2D eigenvalue weighted by molar-refractivity contribution is 5.56. The number of benzene rings is 1. The fourth-order valence-corrected chi connectivity index (χ4v) is 2.05. The van der Waals surface area contributed by atoms with Crippen molar-refractivity contribution in [1.82, 2.24) is 9.38 Å². The summed E-state index contributed by atoms with van der Waals surface area (Å²) < 4.78 is 7.32. The van der Waals surface area contributed by atoms with Gasteiger partial charge in [-0.1, -0.05) is 18.2 Å². The number of aromatic nitrogens is 2. The summed E-state index contributed by atoms with van der Waals surface area (Å²) in [5.74, 6) is 0.839. The number of imidazole rings is 1. The Kier molecular flexibility index (Phi) is 3.06. The number of methoxy groups -OCH3 is 1. The van der Waals surface area contributed by atoms with Crippen molar-refractivity contribution in [3.05, 3.63) is 60.6 Å². The van der Waals surface area contributed by atoms with Gasteiger partial charge in [0.05, 0.1) is 25.0 Å². The molecule has 2 heterocycles. The molecule has 1 N–H and O–H groups in total. The van der Waals surface area contributed by atoms with Gasteiger partial charge in [0.1, 0.15) is 11.4 Å². The molecule has 0 bridgehead atoms. The summed E-state index contributed by atoms with van der Waals surface area (Å²) in [4.78, 5) is 4.54. The van der Waals surface area contributed by atoms with E-state index in [-0.39, 0.29) is 0 Å². The van der Waals surface area contributed by atoms with E-state index in [4.69, 9.17) is 4.74 Å². The zero-order valence-electron chi connectivity index (χ0n) is 10.7. The van der Waals surface area contributed by atoms with Crippen LogP contribution in [0.15, 0.2) is 54.9 Å². The molecule has 4 nitrogen and oxygen atoms in total. The highest BCUT2D eigenvalue weighted by Crippen LogP contribution is 2.23. The van der Waals surface area contributed by atoms with E-state index in [1.54, 1.807) is 7.11 Å². The first-order valence-corrected chi connectivity index (χ1v) is 6.16. The van der Waals surface area contributed by atoms with Gasteiger partial charge in [0.2, 0.25) is 0 Å². The molecule has 4 heteroatoms. The summed E-state index contributed by atoms with van der Waals surface area (Å²) >= 11 is 0. The Bertz CT molecular complexity index is 657. The molecule has 0 spiro atoms. The van der Waals surface area contributed by atoms with Crippen LogP contribution in [0, 0.1) is 0 Å². The number of fused-ring (bicyclic) bond motifs is 1. The summed E-state index contributed by atoms with van der Waals surface area (Å²) in [5, 5.41) is 3.34. The summed E-state index contributed by atoms with van der Waals surface area (Å²) in [6, 6.07) is 13.8. The van der Waals surface area contributed by atoms with Crippen molar-refractivity contribution < 1.29 is 4.74 Å². The van der Waals surface area contributed by atoms with Crippen molar-refractivity contribution in [2.75, 3.05) is 12.4 Å². The largest absolute Gasteiger partial charge is 0.495 e. The van der Waals surface area contributed by atoms with Crippen LogP contribution in [0.25, 0.3) is 5.65 Å². The van der Waals surface area contributed by atoms with E-state index in [1.807, 2.05) is 59.3 Å². The second kappa shape index (κ2) is 5.02. The average Bonchev–Trinajstić information content (AvgIpc) is 2.88. The molecular formula is C15H15N3O. The summed E-state index contributed by atoms with van der Waals surface area (Å²) in [6.07, 6.45) is 4.02. The summed E-state index contributed by atoms with van der Waals surface area (Å²) in [6.45, 7) is 0.669. The first-order valence-electron chi connectivity index (χ1n) is 6.16. The Morgan fingerprint density at radius 3 is 2.84 bits per heavy atom. The smallest absolute Gasteiger partial charge is 0.141 e. The van der Waals surface area contributed by atoms with Crippen LogP contribution in [0.2, 0.25) is 0 Å². The second-order valence-corrected chi connectivity index (χ2v) is 4.25. The van der Waals surface area contributed by atoms with Gasteiger partial charge in [0.25, 0.3) is 0 Å². The highest BCUT2D eigenvalue weighted by atomic mass is 16.5. The molecule has 3 aromatic rings. The molecular weight excluding hydrogens is 238 g/mol. The lowest BCUT2D eigenvalue weighted by atomic mass is 10.3. The molecule has 0 unspecified atom stereocenters. The molecule has 0 aliphatic rings. The molecule has 2 aromatic heterocycles. The normalized spacial score (nSPS) is 10.6. The number of hydrogen-bond acceptors (Lipinski definition) is 3. The Labute approximate surface area is 111 Å². The Balaban J connectivity index is 1.78. The Hall–Kier alpha value is -2.49. The minimum Gasteiger partial charge on any atom is -0.495 e. The number of nitrogens with one attached hydrogen (secondary N) is 1. The first-order chi connectivity index (χ1) is 9.36. The quantitative estimate of drug-likeness (QED) is 0.777. The number of ether oxygens (including phenoxy) is 1. The van der Waals surface area contributed by atoms with Crippen molar-refractivity contribution in [3.63, 3.8) is 0 Å². The third-order valence-electron chi connectivity index (χ3n) is 2.98. The molecule has 19 heavy (non-hydrogen) atoms. The van der Waals surface area contributed by atoms with E-state index in [9.17, 15) is 0 Å². The third-order valence-corrected chi connectivity index (χ3v) is 2.98. The van der Waals surface area contributed by atoms with Crippen LogP contribution in [0.5, 0.6) is 5.75 Å². The van der Waals surface area contributed by atoms with Gasteiger partial charge in [-0.25, -0.2) is 4.98 Å². The monoisotopic (exact) mass is 253 g/mol. The van der Waals surface area contributed by atoms with Crippen molar-refractivity contribution in [1.29, 1.82) is 0 Å². The van der Waals surface area contributed by atoms with Crippen molar-refractivity contribution in [3.8, 4) is 5.75 Å². The number of hydrogen-bond donors (Lipinski definition) is 1. The molecule has 1 aromatic carbocycles. The van der Waals surface area contributed by atoms with E-state index >= 15 is 0 Å². The standard InChI is InChI=1S/C15H15N3O/c1-19-14-7-3-2-6-13(14)16-10-12-11-18-9-5-4-8-15(18)17-12/h2-9,11,16H,10H2,1H3. The first kappa shape index (κ1) is 11.6. The summed E-state index contributed by atoms with van der Waals surface area (Å²) in [7, 11) is 1.67. The zero-order valence-corrected chi connectivity index (χ0v) is 10.7. The van der Waals surface area contributed by atoms with Gasteiger partial charge >= 0.3 is 0 Å². The van der Waals surface area contributed by atoms with Crippen LogP contribution in [0.4, 0.5) is 5.69 Å². The minimum atomic E-state index is 0.669.